The molecule has 0 saturated carbocycles. The molecule has 0 N–H and O–H groups in total. The van der Waals surface area contributed by atoms with E-state index in [1.807, 2.05) is 13.8 Å². The molecule has 3 rings (SSSR count). The molecular weight excluding hydrogens is 380 g/mol. The number of ether oxygens (including phenoxy) is 3. The minimum atomic E-state index is -0.723. The molecule has 0 aliphatic carbocycles. The van der Waals surface area contributed by atoms with Crippen LogP contribution in [0.3, 0.4) is 0 Å². The first-order chi connectivity index (χ1) is 13.9. The molecular formula is C22H25F2NO4. The van der Waals surface area contributed by atoms with Crippen molar-refractivity contribution < 1.29 is 27.8 Å². The van der Waals surface area contributed by atoms with Gasteiger partial charge in [0, 0.05) is 37.6 Å². The molecule has 0 atom stereocenters. The minimum Gasteiger partial charge on any atom is -0.493 e. The Morgan fingerprint density at radius 1 is 1.03 bits per heavy atom. The third-order valence-corrected chi connectivity index (χ3v) is 4.69. The fraction of sp³-hybridized carbons (Fsp3) is 0.409. The van der Waals surface area contributed by atoms with Gasteiger partial charge in [-0.25, -0.2) is 8.78 Å². The maximum absolute atomic E-state index is 13.8. The van der Waals surface area contributed by atoms with Crippen molar-refractivity contribution in [2.24, 2.45) is 0 Å². The molecule has 1 saturated heterocycles. The third-order valence-electron chi connectivity index (χ3n) is 4.69. The standard InChI is InChI=1S/C22H25F2NO4/c1-14(2)28-20-6-4-15(12-21(20)27-3)22(26)25-10-8-17(9-11-25)29-19-7-5-16(23)13-18(19)24/h4-7,12-14,17H,8-11H2,1-3H3. The maximum atomic E-state index is 13.8. The van der Waals surface area contributed by atoms with E-state index in [-0.39, 0.29) is 23.9 Å². The van der Waals surface area contributed by atoms with Gasteiger partial charge in [-0.1, -0.05) is 0 Å². The first kappa shape index (κ1) is 20.9. The summed E-state index contributed by atoms with van der Waals surface area (Å²) in [5.74, 6) is -0.343. The molecule has 0 bridgehead atoms. The highest BCUT2D eigenvalue weighted by atomic mass is 19.1. The monoisotopic (exact) mass is 405 g/mol. The average Bonchev–Trinajstić information content (AvgIpc) is 2.70. The summed E-state index contributed by atoms with van der Waals surface area (Å²) in [7, 11) is 1.54. The molecule has 0 aromatic heterocycles. The molecule has 7 heteroatoms. The van der Waals surface area contributed by atoms with E-state index in [0.717, 1.165) is 12.1 Å². The van der Waals surface area contributed by atoms with Crippen molar-refractivity contribution in [1.29, 1.82) is 0 Å². The van der Waals surface area contributed by atoms with Gasteiger partial charge in [0.25, 0.3) is 5.91 Å². The smallest absolute Gasteiger partial charge is 0.253 e. The van der Waals surface area contributed by atoms with Crippen LogP contribution >= 0.6 is 0 Å². The van der Waals surface area contributed by atoms with Crippen molar-refractivity contribution in [2.75, 3.05) is 20.2 Å². The SMILES string of the molecule is COc1cc(C(=O)N2CCC(Oc3ccc(F)cc3F)CC2)ccc1OC(C)C. The molecule has 1 aliphatic rings. The molecule has 1 amide bonds. The number of hydrogen-bond donors (Lipinski definition) is 0. The van der Waals surface area contributed by atoms with Crippen molar-refractivity contribution in [1.82, 2.24) is 4.90 Å². The zero-order chi connectivity index (χ0) is 21.0. The summed E-state index contributed by atoms with van der Waals surface area (Å²) in [5, 5.41) is 0. The lowest BCUT2D eigenvalue weighted by Crippen LogP contribution is -2.41. The number of rotatable bonds is 6. The van der Waals surface area contributed by atoms with Gasteiger partial charge in [-0.15, -0.1) is 0 Å². The minimum absolute atomic E-state index is 0.00424. The van der Waals surface area contributed by atoms with Crippen LogP contribution in [0, 0.1) is 11.6 Å². The zero-order valence-corrected chi connectivity index (χ0v) is 16.8. The van der Waals surface area contributed by atoms with Gasteiger partial charge in [0.2, 0.25) is 0 Å². The van der Waals surface area contributed by atoms with Gasteiger partial charge in [-0.2, -0.15) is 0 Å². The van der Waals surface area contributed by atoms with Gasteiger partial charge in [-0.3, -0.25) is 4.79 Å². The van der Waals surface area contributed by atoms with Crippen LogP contribution in [0.15, 0.2) is 36.4 Å². The molecule has 0 unspecified atom stereocenters. The lowest BCUT2D eigenvalue weighted by Gasteiger charge is -2.32. The fourth-order valence-corrected chi connectivity index (χ4v) is 3.26. The third kappa shape index (κ3) is 5.16. The second kappa shape index (κ2) is 9.11. The number of methoxy groups -OCH3 is 1. The van der Waals surface area contributed by atoms with E-state index in [1.54, 1.807) is 23.1 Å². The number of carbonyl (C=O) groups excluding carboxylic acids is 1. The van der Waals surface area contributed by atoms with Crippen molar-refractivity contribution in [2.45, 2.75) is 38.9 Å². The van der Waals surface area contributed by atoms with Gasteiger partial charge in [0.1, 0.15) is 11.9 Å². The van der Waals surface area contributed by atoms with E-state index in [4.69, 9.17) is 14.2 Å². The highest BCUT2D eigenvalue weighted by Crippen LogP contribution is 2.30. The molecule has 2 aromatic rings. The van der Waals surface area contributed by atoms with E-state index in [0.29, 0.717) is 43.0 Å². The summed E-state index contributed by atoms with van der Waals surface area (Å²) in [4.78, 5) is 14.6. The number of likely N-dealkylation sites (tertiary alicyclic amines) is 1. The predicted octanol–water partition coefficient (Wildman–Crippen LogP) is 4.44. The van der Waals surface area contributed by atoms with Crippen LogP contribution in [-0.4, -0.2) is 43.2 Å². The topological polar surface area (TPSA) is 48.0 Å². The second-order valence-corrected chi connectivity index (χ2v) is 7.22. The van der Waals surface area contributed by atoms with Gasteiger partial charge >= 0.3 is 0 Å². The lowest BCUT2D eigenvalue weighted by molar-refractivity contribution is 0.0588. The first-order valence-corrected chi connectivity index (χ1v) is 9.63. The quantitative estimate of drug-likeness (QED) is 0.713. The summed E-state index contributed by atoms with van der Waals surface area (Å²) >= 11 is 0. The Hall–Kier alpha value is -2.83. The summed E-state index contributed by atoms with van der Waals surface area (Å²) in [6, 6.07) is 8.38. The van der Waals surface area contributed by atoms with Crippen molar-refractivity contribution in [3.05, 3.63) is 53.6 Å². The molecule has 0 radical (unpaired) electrons. The number of amides is 1. The fourth-order valence-electron chi connectivity index (χ4n) is 3.26. The average molecular weight is 405 g/mol. The molecule has 29 heavy (non-hydrogen) atoms. The first-order valence-electron chi connectivity index (χ1n) is 9.63. The Labute approximate surface area is 169 Å². The Kier molecular flexibility index (Phi) is 6.56. The molecule has 1 heterocycles. The highest BCUT2D eigenvalue weighted by molar-refractivity contribution is 5.95. The Morgan fingerprint density at radius 2 is 1.72 bits per heavy atom. The number of carbonyl (C=O) groups is 1. The predicted molar refractivity (Wildman–Crippen MR) is 105 cm³/mol. The van der Waals surface area contributed by atoms with Crippen LogP contribution in [0.1, 0.15) is 37.0 Å². The largest absolute Gasteiger partial charge is 0.493 e. The molecule has 1 fully saturated rings. The molecule has 0 spiro atoms. The van der Waals surface area contributed by atoms with Gasteiger partial charge < -0.3 is 19.1 Å². The van der Waals surface area contributed by atoms with Gasteiger partial charge in [0.15, 0.2) is 23.1 Å². The Morgan fingerprint density at radius 3 is 2.34 bits per heavy atom. The summed E-state index contributed by atoms with van der Waals surface area (Å²) in [6.07, 6.45) is 0.897. The van der Waals surface area contributed by atoms with Gasteiger partial charge in [-0.05, 0) is 44.2 Å². The normalized spacial score (nSPS) is 14.8. The van der Waals surface area contributed by atoms with Crippen LogP contribution in [0.4, 0.5) is 8.78 Å². The highest BCUT2D eigenvalue weighted by Gasteiger charge is 2.26. The van der Waals surface area contributed by atoms with Crippen LogP contribution in [0.5, 0.6) is 17.2 Å². The van der Waals surface area contributed by atoms with Crippen LogP contribution < -0.4 is 14.2 Å². The van der Waals surface area contributed by atoms with Crippen LogP contribution in [0.25, 0.3) is 0 Å². The van der Waals surface area contributed by atoms with Gasteiger partial charge in [0.05, 0.1) is 13.2 Å². The van der Waals surface area contributed by atoms with Crippen LogP contribution in [0.2, 0.25) is 0 Å². The zero-order valence-electron chi connectivity index (χ0n) is 16.8. The van der Waals surface area contributed by atoms with Crippen molar-refractivity contribution in [3.8, 4) is 17.2 Å². The van der Waals surface area contributed by atoms with E-state index in [1.165, 1.54) is 13.2 Å². The van der Waals surface area contributed by atoms with Crippen molar-refractivity contribution >= 4 is 5.91 Å². The Bertz CT molecular complexity index is 864. The maximum Gasteiger partial charge on any atom is 0.253 e. The van der Waals surface area contributed by atoms with E-state index in [2.05, 4.69) is 0 Å². The summed E-state index contributed by atoms with van der Waals surface area (Å²) in [6.45, 7) is 4.81. The van der Waals surface area contributed by atoms with Crippen LogP contribution in [-0.2, 0) is 0 Å². The number of halogens is 2. The van der Waals surface area contributed by atoms with E-state index >= 15 is 0 Å². The summed E-state index contributed by atoms with van der Waals surface area (Å²) in [5.41, 5.74) is 0.516. The number of nitrogens with zero attached hydrogens (tertiary/aromatic N) is 1. The number of hydrogen-bond acceptors (Lipinski definition) is 4. The number of benzene rings is 2. The van der Waals surface area contributed by atoms with E-state index < -0.39 is 11.6 Å². The lowest BCUT2D eigenvalue weighted by atomic mass is 10.1. The molecule has 1 aliphatic heterocycles. The Balaban J connectivity index is 1.61. The molecule has 2 aromatic carbocycles. The second-order valence-electron chi connectivity index (χ2n) is 7.22. The van der Waals surface area contributed by atoms with E-state index in [9.17, 15) is 13.6 Å². The molecule has 156 valence electrons. The van der Waals surface area contributed by atoms with Crippen molar-refractivity contribution in [3.63, 3.8) is 0 Å². The number of piperidine rings is 1. The molecule has 5 nitrogen and oxygen atoms in total. The summed E-state index contributed by atoms with van der Waals surface area (Å²) < 4.78 is 43.5.